The lowest BCUT2D eigenvalue weighted by Gasteiger charge is -2.09. The Hall–Kier alpha value is -2.09. The molecule has 0 aromatic heterocycles. The van der Waals surface area contributed by atoms with Crippen LogP contribution in [0.3, 0.4) is 0 Å². The maximum absolute atomic E-state index is 11.6. The van der Waals surface area contributed by atoms with E-state index >= 15 is 0 Å². The van der Waals surface area contributed by atoms with Crippen LogP contribution in [0.15, 0.2) is 60.7 Å². The third kappa shape index (κ3) is 4.75. The van der Waals surface area contributed by atoms with Gasteiger partial charge in [0, 0.05) is 19.5 Å². The number of carbonyl (C=O) groups excluding carboxylic acids is 1. The van der Waals surface area contributed by atoms with Crippen LogP contribution in [0.5, 0.6) is 0 Å². The van der Waals surface area contributed by atoms with E-state index < -0.39 is 0 Å². The van der Waals surface area contributed by atoms with Crippen LogP contribution in [-0.2, 0) is 11.2 Å². The molecule has 3 rings (SSSR count). The smallest absolute Gasteiger partial charge is 0.225 e. The van der Waals surface area contributed by atoms with E-state index in [4.69, 9.17) is 0 Å². The summed E-state index contributed by atoms with van der Waals surface area (Å²) in [5.74, 6) is 0.510. The highest BCUT2D eigenvalue weighted by molar-refractivity contribution is 5.80. The molecule has 1 heterocycles. The maximum atomic E-state index is 11.6. The topological polar surface area (TPSA) is 20.3 Å². The van der Waals surface area contributed by atoms with Gasteiger partial charge in [-0.15, -0.1) is 0 Å². The molecule has 0 saturated carbocycles. The van der Waals surface area contributed by atoms with Gasteiger partial charge in [0.25, 0.3) is 0 Å². The molecular formula is C19H23NO. The molecule has 2 nitrogen and oxygen atoms in total. The van der Waals surface area contributed by atoms with Crippen molar-refractivity contribution in [2.24, 2.45) is 5.92 Å². The van der Waals surface area contributed by atoms with Gasteiger partial charge in [0.1, 0.15) is 0 Å². The molecule has 1 amide bonds. The molecule has 1 atom stereocenters. The number of aryl methyl sites for hydroxylation is 1. The van der Waals surface area contributed by atoms with Crippen molar-refractivity contribution in [1.82, 2.24) is 4.90 Å². The lowest BCUT2D eigenvalue weighted by molar-refractivity contribution is -0.129. The number of nitrogens with zero attached hydrogens (tertiary/aromatic N) is 1. The van der Waals surface area contributed by atoms with Crippen molar-refractivity contribution in [3.63, 3.8) is 0 Å². The van der Waals surface area contributed by atoms with Gasteiger partial charge in [-0.25, -0.2) is 0 Å². The molecule has 110 valence electrons. The summed E-state index contributed by atoms with van der Waals surface area (Å²) in [6.45, 7) is 3.00. The van der Waals surface area contributed by atoms with Gasteiger partial charge in [-0.1, -0.05) is 66.2 Å². The lowest BCUT2D eigenvalue weighted by Crippen LogP contribution is -2.23. The van der Waals surface area contributed by atoms with Crippen molar-refractivity contribution in [1.29, 1.82) is 0 Å². The summed E-state index contributed by atoms with van der Waals surface area (Å²) in [4.78, 5) is 13.5. The molecule has 1 fully saturated rings. The molecule has 1 saturated heterocycles. The minimum absolute atomic E-state index is 0.211. The van der Waals surface area contributed by atoms with E-state index in [1.165, 1.54) is 11.1 Å². The molecule has 0 bridgehead atoms. The average molecular weight is 281 g/mol. The number of hydrogen-bond acceptors (Lipinski definition) is 1. The maximum Gasteiger partial charge on any atom is 0.225 e. The van der Waals surface area contributed by atoms with Crippen LogP contribution in [-0.4, -0.2) is 24.4 Å². The zero-order valence-corrected chi connectivity index (χ0v) is 12.8. The number of carbonyl (C=O) groups is 1. The zero-order valence-electron chi connectivity index (χ0n) is 12.8. The second-order valence-corrected chi connectivity index (χ2v) is 5.59. The van der Waals surface area contributed by atoms with Crippen LogP contribution in [0.25, 0.3) is 0 Å². The van der Waals surface area contributed by atoms with Crippen molar-refractivity contribution in [2.75, 3.05) is 13.6 Å². The van der Waals surface area contributed by atoms with Crippen LogP contribution >= 0.6 is 0 Å². The Kier molecular flexibility index (Phi) is 5.56. The van der Waals surface area contributed by atoms with E-state index in [2.05, 4.69) is 31.2 Å². The summed E-state index contributed by atoms with van der Waals surface area (Å²) in [6.07, 6.45) is 1.90. The molecule has 1 aliphatic heterocycles. The summed E-state index contributed by atoms with van der Waals surface area (Å²) in [5, 5.41) is 0. The van der Waals surface area contributed by atoms with Gasteiger partial charge >= 0.3 is 0 Å². The molecule has 2 heteroatoms. The van der Waals surface area contributed by atoms with Gasteiger partial charge in [-0.2, -0.15) is 0 Å². The van der Waals surface area contributed by atoms with E-state index in [9.17, 15) is 4.79 Å². The standard InChI is InChI=1S/C12H15NO.C7H8/c1-13-8-7-11(12(13)14)9-10-5-3-2-4-6-10;1-7-5-3-2-4-6-7/h2-6,11H,7-9H2,1H3;2-6H,1H3. The van der Waals surface area contributed by atoms with Gasteiger partial charge in [0.05, 0.1) is 0 Å². The molecule has 0 aliphatic carbocycles. The molecular weight excluding hydrogens is 258 g/mol. The third-order valence-electron chi connectivity index (χ3n) is 3.80. The summed E-state index contributed by atoms with van der Waals surface area (Å²) in [6, 6.07) is 20.5. The largest absolute Gasteiger partial charge is 0.345 e. The van der Waals surface area contributed by atoms with Crippen molar-refractivity contribution in [3.8, 4) is 0 Å². The van der Waals surface area contributed by atoms with E-state index in [0.29, 0.717) is 5.91 Å². The lowest BCUT2D eigenvalue weighted by atomic mass is 9.98. The Morgan fingerprint density at radius 3 is 2.00 bits per heavy atom. The average Bonchev–Trinajstić information content (AvgIpc) is 2.82. The Balaban J connectivity index is 0.000000194. The first-order valence-corrected chi connectivity index (χ1v) is 7.47. The first-order chi connectivity index (χ1) is 10.2. The van der Waals surface area contributed by atoms with Crippen LogP contribution in [0.4, 0.5) is 0 Å². The summed E-state index contributed by atoms with van der Waals surface area (Å²) in [7, 11) is 1.88. The molecule has 0 spiro atoms. The first-order valence-electron chi connectivity index (χ1n) is 7.47. The second-order valence-electron chi connectivity index (χ2n) is 5.59. The fourth-order valence-electron chi connectivity index (χ4n) is 2.52. The first kappa shape index (κ1) is 15.3. The molecule has 21 heavy (non-hydrogen) atoms. The van der Waals surface area contributed by atoms with Crippen molar-refractivity contribution in [2.45, 2.75) is 19.8 Å². The Morgan fingerprint density at radius 2 is 1.57 bits per heavy atom. The van der Waals surface area contributed by atoms with Crippen LogP contribution in [0.2, 0.25) is 0 Å². The monoisotopic (exact) mass is 281 g/mol. The number of benzene rings is 2. The summed E-state index contributed by atoms with van der Waals surface area (Å²) >= 11 is 0. The van der Waals surface area contributed by atoms with Crippen molar-refractivity contribution in [3.05, 3.63) is 71.8 Å². The van der Waals surface area contributed by atoms with Gasteiger partial charge in [-0.3, -0.25) is 4.79 Å². The Morgan fingerprint density at radius 1 is 1.00 bits per heavy atom. The van der Waals surface area contributed by atoms with Gasteiger partial charge < -0.3 is 4.90 Å². The Bertz CT molecular complexity index is 550. The quantitative estimate of drug-likeness (QED) is 0.822. The minimum Gasteiger partial charge on any atom is -0.345 e. The summed E-state index contributed by atoms with van der Waals surface area (Å²) < 4.78 is 0. The summed E-state index contributed by atoms with van der Waals surface area (Å²) in [5.41, 5.74) is 2.59. The van der Waals surface area contributed by atoms with Crippen LogP contribution in [0.1, 0.15) is 17.5 Å². The third-order valence-corrected chi connectivity index (χ3v) is 3.80. The molecule has 1 unspecified atom stereocenters. The van der Waals surface area contributed by atoms with E-state index in [-0.39, 0.29) is 5.92 Å². The Labute approximate surface area is 127 Å². The molecule has 1 aliphatic rings. The molecule has 0 N–H and O–H groups in total. The predicted octanol–water partition coefficient (Wildman–Crippen LogP) is 3.70. The zero-order chi connectivity index (χ0) is 15.1. The number of hydrogen-bond donors (Lipinski definition) is 0. The highest BCUT2D eigenvalue weighted by Crippen LogP contribution is 2.20. The fourth-order valence-corrected chi connectivity index (χ4v) is 2.52. The normalized spacial score (nSPS) is 17.3. The van der Waals surface area contributed by atoms with E-state index in [1.807, 2.05) is 48.3 Å². The highest BCUT2D eigenvalue weighted by atomic mass is 16.2. The fraction of sp³-hybridized carbons (Fsp3) is 0.316. The second kappa shape index (κ2) is 7.63. The van der Waals surface area contributed by atoms with Gasteiger partial charge in [0.15, 0.2) is 0 Å². The number of amides is 1. The van der Waals surface area contributed by atoms with E-state index in [1.54, 1.807) is 0 Å². The van der Waals surface area contributed by atoms with Crippen molar-refractivity contribution >= 4 is 5.91 Å². The number of rotatable bonds is 2. The van der Waals surface area contributed by atoms with E-state index in [0.717, 1.165) is 19.4 Å². The number of likely N-dealkylation sites (tertiary alicyclic amines) is 1. The van der Waals surface area contributed by atoms with Crippen molar-refractivity contribution < 1.29 is 4.79 Å². The van der Waals surface area contributed by atoms with Gasteiger partial charge in [-0.05, 0) is 25.3 Å². The minimum atomic E-state index is 0.211. The molecule has 2 aromatic carbocycles. The molecule has 0 radical (unpaired) electrons. The van der Waals surface area contributed by atoms with Gasteiger partial charge in [0.2, 0.25) is 5.91 Å². The predicted molar refractivity (Wildman–Crippen MR) is 87.1 cm³/mol. The molecule has 2 aromatic rings. The highest BCUT2D eigenvalue weighted by Gasteiger charge is 2.28. The van der Waals surface area contributed by atoms with Crippen LogP contribution < -0.4 is 0 Å². The van der Waals surface area contributed by atoms with Crippen LogP contribution in [0, 0.1) is 12.8 Å². The SMILES string of the molecule is CN1CCC(Cc2ccccc2)C1=O.Cc1ccccc1.